The zero-order valence-corrected chi connectivity index (χ0v) is 18.9. The van der Waals surface area contributed by atoms with Crippen molar-refractivity contribution in [2.24, 2.45) is 0 Å². The monoisotopic (exact) mass is 432 g/mol. The molecule has 1 atom stereocenters. The molecule has 0 saturated carbocycles. The van der Waals surface area contributed by atoms with Gasteiger partial charge in [0.25, 0.3) is 0 Å². The van der Waals surface area contributed by atoms with Gasteiger partial charge in [-0.25, -0.2) is 0 Å². The number of nitrogens with one attached hydrogen (secondary N) is 1. The second kappa shape index (κ2) is 11.9. The van der Waals surface area contributed by atoms with Crippen LogP contribution in [-0.2, 0) is 16.1 Å². The van der Waals surface area contributed by atoms with E-state index in [0.29, 0.717) is 18.1 Å². The van der Waals surface area contributed by atoms with Crippen molar-refractivity contribution in [2.45, 2.75) is 51.1 Å². The maximum Gasteiger partial charge on any atom is 0.242 e. The number of carbonyl (C=O) groups is 2. The Morgan fingerprint density at radius 3 is 2.55 bits per heavy atom. The van der Waals surface area contributed by atoms with Crippen molar-refractivity contribution in [1.82, 2.24) is 10.2 Å². The van der Waals surface area contributed by atoms with Gasteiger partial charge in [-0.1, -0.05) is 54.8 Å². The molecule has 0 fully saturated rings. The quantitative estimate of drug-likeness (QED) is 0.421. The maximum atomic E-state index is 13.0. The number of halogens is 1. The van der Waals surface area contributed by atoms with Gasteiger partial charge in [-0.15, -0.1) is 11.8 Å². The molecule has 0 aromatic heterocycles. The van der Waals surface area contributed by atoms with E-state index < -0.39 is 6.04 Å². The van der Waals surface area contributed by atoms with E-state index in [2.05, 4.69) is 12.2 Å². The molecule has 2 aromatic rings. The topological polar surface area (TPSA) is 49.4 Å². The molecule has 1 N–H and O–H groups in total. The average Bonchev–Trinajstić information content (AvgIpc) is 2.71. The van der Waals surface area contributed by atoms with Crippen LogP contribution in [0.15, 0.2) is 53.4 Å². The van der Waals surface area contributed by atoms with Gasteiger partial charge in [0.15, 0.2) is 0 Å². The van der Waals surface area contributed by atoms with Crippen LogP contribution in [0.3, 0.4) is 0 Å². The van der Waals surface area contributed by atoms with Gasteiger partial charge in [-0.05, 0) is 50.1 Å². The zero-order chi connectivity index (χ0) is 21.2. The van der Waals surface area contributed by atoms with Crippen LogP contribution in [0.5, 0.6) is 0 Å². The van der Waals surface area contributed by atoms with E-state index in [0.717, 1.165) is 28.9 Å². The van der Waals surface area contributed by atoms with Crippen LogP contribution in [-0.4, -0.2) is 35.1 Å². The molecule has 29 heavy (non-hydrogen) atoms. The number of aryl methyl sites for hydroxylation is 1. The van der Waals surface area contributed by atoms with Crippen LogP contribution in [0, 0.1) is 6.92 Å². The number of amides is 2. The van der Waals surface area contributed by atoms with Gasteiger partial charge < -0.3 is 10.2 Å². The Bertz CT molecular complexity index is 811. The number of thioether (sulfide) groups is 1. The van der Waals surface area contributed by atoms with E-state index in [1.165, 1.54) is 11.8 Å². The Morgan fingerprint density at radius 2 is 1.90 bits per heavy atom. The summed E-state index contributed by atoms with van der Waals surface area (Å²) in [4.78, 5) is 28.3. The van der Waals surface area contributed by atoms with Gasteiger partial charge in [0.05, 0.1) is 5.75 Å². The summed E-state index contributed by atoms with van der Waals surface area (Å²) < 4.78 is 0. The molecular weight excluding hydrogens is 404 g/mol. The van der Waals surface area contributed by atoms with Crippen molar-refractivity contribution >= 4 is 35.2 Å². The van der Waals surface area contributed by atoms with Gasteiger partial charge in [-0.2, -0.15) is 0 Å². The molecule has 0 saturated heterocycles. The minimum atomic E-state index is -0.536. The minimum Gasteiger partial charge on any atom is -0.354 e. The smallest absolute Gasteiger partial charge is 0.242 e. The van der Waals surface area contributed by atoms with Gasteiger partial charge in [-0.3, -0.25) is 9.59 Å². The molecule has 0 spiro atoms. The normalized spacial score (nSPS) is 11.7. The predicted molar refractivity (Wildman–Crippen MR) is 121 cm³/mol. The molecule has 0 radical (unpaired) electrons. The summed E-state index contributed by atoms with van der Waals surface area (Å²) in [6.07, 6.45) is 1.94. The fraction of sp³-hybridized carbons (Fsp3) is 0.391. The third-order valence-electron chi connectivity index (χ3n) is 4.61. The molecule has 0 heterocycles. The second-order valence-corrected chi connectivity index (χ2v) is 8.56. The molecular formula is C23H29ClN2O2S. The Labute approximate surface area is 183 Å². The number of nitrogens with zero attached hydrogens (tertiary/aromatic N) is 1. The van der Waals surface area contributed by atoms with Gasteiger partial charge in [0.1, 0.15) is 6.04 Å². The number of unbranched alkanes of at least 4 members (excludes halogenated alkanes) is 1. The molecule has 0 unspecified atom stereocenters. The van der Waals surface area contributed by atoms with Crippen LogP contribution in [0.4, 0.5) is 0 Å². The summed E-state index contributed by atoms with van der Waals surface area (Å²) in [6, 6.07) is 14.9. The zero-order valence-electron chi connectivity index (χ0n) is 17.3. The lowest BCUT2D eigenvalue weighted by atomic mass is 10.1. The maximum absolute atomic E-state index is 13.0. The highest BCUT2D eigenvalue weighted by atomic mass is 35.5. The lowest BCUT2D eigenvalue weighted by Gasteiger charge is -2.29. The van der Waals surface area contributed by atoms with E-state index in [1.54, 1.807) is 11.8 Å². The van der Waals surface area contributed by atoms with Crippen molar-refractivity contribution in [2.75, 3.05) is 12.3 Å². The number of rotatable bonds is 10. The predicted octanol–water partition coefficient (Wildman–Crippen LogP) is 5.07. The number of benzene rings is 2. The standard InChI is InChI=1S/C23H29ClN2O2S/c1-4-5-13-25-23(28)18(3)26(15-19-8-6-7-17(2)14-19)22(27)16-29-21-11-9-20(24)10-12-21/h6-12,14,18H,4-5,13,15-16H2,1-3H3,(H,25,28)/t18-/m0/s1. The van der Waals surface area contributed by atoms with Crippen molar-refractivity contribution in [3.63, 3.8) is 0 Å². The summed E-state index contributed by atoms with van der Waals surface area (Å²) in [5, 5.41) is 3.61. The van der Waals surface area contributed by atoms with E-state index in [1.807, 2.05) is 55.5 Å². The molecule has 2 amide bonds. The van der Waals surface area contributed by atoms with Crippen molar-refractivity contribution in [3.05, 3.63) is 64.7 Å². The van der Waals surface area contributed by atoms with Crippen LogP contribution in [0.25, 0.3) is 0 Å². The molecule has 0 aliphatic rings. The van der Waals surface area contributed by atoms with Crippen LogP contribution in [0.2, 0.25) is 5.02 Å². The molecule has 6 heteroatoms. The van der Waals surface area contributed by atoms with E-state index in [4.69, 9.17) is 11.6 Å². The molecule has 0 aliphatic heterocycles. The first kappa shape index (κ1) is 23.3. The third kappa shape index (κ3) is 7.75. The minimum absolute atomic E-state index is 0.0652. The van der Waals surface area contributed by atoms with E-state index in [-0.39, 0.29) is 17.6 Å². The van der Waals surface area contributed by atoms with Crippen LogP contribution in [0.1, 0.15) is 37.8 Å². The lowest BCUT2D eigenvalue weighted by molar-refractivity contribution is -0.138. The summed E-state index contributed by atoms with van der Waals surface area (Å²) >= 11 is 7.38. The van der Waals surface area contributed by atoms with Crippen LogP contribution >= 0.6 is 23.4 Å². The summed E-state index contributed by atoms with van der Waals surface area (Å²) in [5.41, 5.74) is 2.15. The fourth-order valence-electron chi connectivity index (χ4n) is 2.88. The average molecular weight is 433 g/mol. The Hall–Kier alpha value is -1.98. The van der Waals surface area contributed by atoms with Crippen molar-refractivity contribution < 1.29 is 9.59 Å². The van der Waals surface area contributed by atoms with Gasteiger partial charge >= 0.3 is 0 Å². The molecule has 2 rings (SSSR count). The van der Waals surface area contributed by atoms with E-state index in [9.17, 15) is 9.59 Å². The second-order valence-electron chi connectivity index (χ2n) is 7.07. The molecule has 2 aromatic carbocycles. The first-order valence-corrected chi connectivity index (χ1v) is 11.3. The first-order valence-electron chi connectivity index (χ1n) is 9.91. The summed E-state index contributed by atoms with van der Waals surface area (Å²) in [7, 11) is 0. The largest absolute Gasteiger partial charge is 0.354 e. The SMILES string of the molecule is CCCCNC(=O)[C@H](C)N(Cc1cccc(C)c1)C(=O)CSc1ccc(Cl)cc1. The molecule has 0 bridgehead atoms. The third-order valence-corrected chi connectivity index (χ3v) is 5.86. The lowest BCUT2D eigenvalue weighted by Crippen LogP contribution is -2.48. The van der Waals surface area contributed by atoms with Gasteiger partial charge in [0, 0.05) is 23.0 Å². The van der Waals surface area contributed by atoms with Gasteiger partial charge in [0.2, 0.25) is 11.8 Å². The highest BCUT2D eigenvalue weighted by Crippen LogP contribution is 2.22. The summed E-state index contributed by atoms with van der Waals surface area (Å²) in [5.74, 6) is 0.0839. The highest BCUT2D eigenvalue weighted by molar-refractivity contribution is 8.00. The molecule has 0 aliphatic carbocycles. The number of hydrogen-bond donors (Lipinski definition) is 1. The summed E-state index contributed by atoms with van der Waals surface area (Å²) in [6.45, 7) is 6.93. The fourth-order valence-corrected chi connectivity index (χ4v) is 3.80. The number of carbonyl (C=O) groups excluding carboxylic acids is 2. The molecule has 156 valence electrons. The number of hydrogen-bond acceptors (Lipinski definition) is 3. The van der Waals surface area contributed by atoms with Crippen LogP contribution < -0.4 is 5.32 Å². The van der Waals surface area contributed by atoms with Crippen molar-refractivity contribution in [3.8, 4) is 0 Å². The highest BCUT2D eigenvalue weighted by Gasteiger charge is 2.26. The van der Waals surface area contributed by atoms with Crippen molar-refractivity contribution in [1.29, 1.82) is 0 Å². The Kier molecular flexibility index (Phi) is 9.55. The Morgan fingerprint density at radius 1 is 1.17 bits per heavy atom. The molecule has 4 nitrogen and oxygen atoms in total. The van der Waals surface area contributed by atoms with E-state index >= 15 is 0 Å². The first-order chi connectivity index (χ1) is 13.9. The Balaban J connectivity index is 2.10.